The number of hydrogen-bond donors (Lipinski definition) is 2. The topological polar surface area (TPSA) is 64.3 Å². The summed E-state index contributed by atoms with van der Waals surface area (Å²) in [6, 6.07) is 8.85. The molecule has 106 valence electrons. The third-order valence-corrected chi connectivity index (χ3v) is 3.84. The van der Waals surface area contributed by atoms with E-state index in [1.165, 1.54) is 0 Å². The number of nitrogens with two attached hydrogens (primary N) is 1. The smallest absolute Gasteiger partial charge is 0.253 e. The zero-order valence-corrected chi connectivity index (χ0v) is 12.5. The van der Waals surface area contributed by atoms with Gasteiger partial charge >= 0.3 is 0 Å². The minimum Gasteiger partial charge on any atom is -0.399 e. The highest BCUT2D eigenvalue weighted by Gasteiger charge is 2.15. The molecule has 20 heavy (non-hydrogen) atoms. The minimum atomic E-state index is -0.564. The van der Waals surface area contributed by atoms with Crippen LogP contribution >= 0.6 is 22.9 Å². The Bertz CT molecular complexity index is 587. The van der Waals surface area contributed by atoms with Gasteiger partial charge in [0.05, 0.1) is 17.3 Å². The van der Waals surface area contributed by atoms with Crippen LogP contribution in [0.2, 0.25) is 5.02 Å². The third-order valence-electron chi connectivity index (χ3n) is 2.68. The molecule has 0 fully saturated rings. The first-order valence-corrected chi connectivity index (χ1v) is 7.32. The van der Waals surface area contributed by atoms with Crippen LogP contribution in [-0.4, -0.2) is 12.0 Å². The van der Waals surface area contributed by atoms with E-state index in [0.29, 0.717) is 23.0 Å². The van der Waals surface area contributed by atoms with Crippen molar-refractivity contribution in [2.75, 3.05) is 11.1 Å². The second-order valence-corrected chi connectivity index (χ2v) is 5.70. The number of nitrogens with one attached hydrogen (secondary N) is 1. The van der Waals surface area contributed by atoms with Crippen molar-refractivity contribution in [1.82, 2.24) is 0 Å². The minimum absolute atomic E-state index is 0.242. The van der Waals surface area contributed by atoms with Crippen LogP contribution in [0.5, 0.6) is 0 Å². The van der Waals surface area contributed by atoms with E-state index in [2.05, 4.69) is 5.32 Å². The highest BCUT2D eigenvalue weighted by atomic mass is 35.5. The summed E-state index contributed by atoms with van der Waals surface area (Å²) < 4.78 is 5.51. The molecule has 0 bridgehead atoms. The summed E-state index contributed by atoms with van der Waals surface area (Å²) in [5, 5.41) is 5.10. The molecule has 1 unspecified atom stereocenters. The van der Waals surface area contributed by atoms with Crippen molar-refractivity contribution >= 4 is 40.2 Å². The quantitative estimate of drug-likeness (QED) is 0.830. The molecule has 0 aliphatic carbocycles. The molecule has 1 aromatic heterocycles. The van der Waals surface area contributed by atoms with Crippen LogP contribution in [0.4, 0.5) is 11.4 Å². The van der Waals surface area contributed by atoms with Crippen LogP contribution in [0, 0.1) is 0 Å². The highest BCUT2D eigenvalue weighted by molar-refractivity contribution is 7.09. The molecule has 1 amide bonds. The molecule has 0 aliphatic rings. The Morgan fingerprint density at radius 2 is 2.30 bits per heavy atom. The van der Waals surface area contributed by atoms with Gasteiger partial charge in [0, 0.05) is 10.6 Å². The summed E-state index contributed by atoms with van der Waals surface area (Å²) in [6.07, 6.45) is -0.564. The number of amides is 1. The largest absolute Gasteiger partial charge is 0.399 e. The molecule has 0 aliphatic heterocycles. The summed E-state index contributed by atoms with van der Waals surface area (Å²) in [5.74, 6) is -0.242. The Morgan fingerprint density at radius 1 is 1.50 bits per heavy atom. The molecule has 2 aromatic rings. The molecule has 0 radical (unpaired) electrons. The molecule has 2 rings (SSSR count). The molecule has 4 nitrogen and oxygen atoms in total. The first-order valence-electron chi connectivity index (χ1n) is 6.06. The van der Waals surface area contributed by atoms with Crippen molar-refractivity contribution in [2.24, 2.45) is 0 Å². The maximum Gasteiger partial charge on any atom is 0.253 e. The van der Waals surface area contributed by atoms with E-state index in [0.717, 1.165) is 4.88 Å². The number of nitrogen functional groups attached to an aromatic ring is 1. The number of rotatable bonds is 5. The lowest BCUT2D eigenvalue weighted by molar-refractivity contribution is -0.127. The third kappa shape index (κ3) is 3.96. The average Bonchev–Trinajstić information content (AvgIpc) is 2.92. The lowest BCUT2D eigenvalue weighted by atomic mass is 10.2. The van der Waals surface area contributed by atoms with Gasteiger partial charge in [0.2, 0.25) is 0 Å². The van der Waals surface area contributed by atoms with E-state index in [4.69, 9.17) is 22.1 Å². The fourth-order valence-corrected chi connectivity index (χ4v) is 2.41. The van der Waals surface area contributed by atoms with Crippen LogP contribution in [0.25, 0.3) is 0 Å². The van der Waals surface area contributed by atoms with Crippen LogP contribution in [0.15, 0.2) is 35.7 Å². The number of ether oxygens (including phenoxy) is 1. The zero-order chi connectivity index (χ0) is 14.5. The summed E-state index contributed by atoms with van der Waals surface area (Å²) in [5.41, 5.74) is 6.68. The van der Waals surface area contributed by atoms with Crippen molar-refractivity contribution in [3.63, 3.8) is 0 Å². The summed E-state index contributed by atoms with van der Waals surface area (Å²) in [7, 11) is 0. The van der Waals surface area contributed by atoms with Crippen molar-refractivity contribution < 1.29 is 9.53 Å². The van der Waals surface area contributed by atoms with Crippen molar-refractivity contribution in [3.8, 4) is 0 Å². The van der Waals surface area contributed by atoms with Crippen LogP contribution < -0.4 is 11.1 Å². The Labute approximate surface area is 126 Å². The maximum absolute atomic E-state index is 12.0. The standard InChI is InChI=1S/C14H15ClN2O2S/c1-9(19-8-11-3-2-6-20-11)14(18)17-13-5-4-10(16)7-12(13)15/h2-7,9H,8,16H2,1H3,(H,17,18). The lowest BCUT2D eigenvalue weighted by Crippen LogP contribution is -2.27. The Balaban J connectivity index is 1.90. The van der Waals surface area contributed by atoms with Crippen molar-refractivity contribution in [2.45, 2.75) is 19.6 Å². The second kappa shape index (κ2) is 6.74. The zero-order valence-electron chi connectivity index (χ0n) is 10.9. The Hall–Kier alpha value is -1.56. The maximum atomic E-state index is 12.0. The molecule has 0 saturated carbocycles. The van der Waals surface area contributed by atoms with Crippen LogP contribution in [0.3, 0.4) is 0 Å². The van der Waals surface area contributed by atoms with Crippen molar-refractivity contribution in [3.05, 3.63) is 45.6 Å². The van der Waals surface area contributed by atoms with Crippen molar-refractivity contribution in [1.29, 1.82) is 0 Å². The normalized spacial score (nSPS) is 12.1. The van der Waals surface area contributed by atoms with E-state index in [1.807, 2.05) is 17.5 Å². The first-order chi connectivity index (χ1) is 9.56. The number of halogens is 1. The lowest BCUT2D eigenvalue weighted by Gasteiger charge is -2.14. The Kier molecular flexibility index (Phi) is 5.00. The molecule has 1 heterocycles. The SMILES string of the molecule is CC(OCc1cccs1)C(=O)Nc1ccc(N)cc1Cl. The number of carbonyl (C=O) groups is 1. The average molecular weight is 311 g/mol. The summed E-state index contributed by atoms with van der Waals surface area (Å²) in [4.78, 5) is 13.1. The van der Waals surface area contributed by atoms with Gasteiger partial charge in [0.25, 0.3) is 5.91 Å². The molecule has 0 saturated heterocycles. The number of thiophene rings is 1. The molecular formula is C14H15ClN2O2S. The van der Waals surface area contributed by atoms with E-state index < -0.39 is 6.10 Å². The Morgan fingerprint density at radius 3 is 2.95 bits per heavy atom. The second-order valence-electron chi connectivity index (χ2n) is 4.26. The number of hydrogen-bond acceptors (Lipinski definition) is 4. The van der Waals surface area contributed by atoms with E-state index in [1.54, 1.807) is 36.5 Å². The van der Waals surface area contributed by atoms with Gasteiger partial charge < -0.3 is 15.8 Å². The fraction of sp³-hybridized carbons (Fsp3) is 0.214. The molecule has 1 aromatic carbocycles. The predicted molar refractivity (Wildman–Crippen MR) is 83.1 cm³/mol. The fourth-order valence-electron chi connectivity index (χ4n) is 1.54. The van der Waals surface area contributed by atoms with Gasteiger partial charge in [-0.25, -0.2) is 0 Å². The molecule has 6 heteroatoms. The monoisotopic (exact) mass is 310 g/mol. The van der Waals surface area contributed by atoms with Crippen LogP contribution in [0.1, 0.15) is 11.8 Å². The van der Waals surface area contributed by atoms with Gasteiger partial charge in [-0.15, -0.1) is 11.3 Å². The van der Waals surface area contributed by atoms with Gasteiger partial charge in [0.1, 0.15) is 6.10 Å². The summed E-state index contributed by atoms with van der Waals surface area (Å²) >= 11 is 7.60. The number of carbonyl (C=O) groups excluding carboxylic acids is 1. The molecule has 0 spiro atoms. The van der Waals surface area contributed by atoms with E-state index in [-0.39, 0.29) is 5.91 Å². The predicted octanol–water partition coefficient (Wildman–Crippen LogP) is 3.53. The van der Waals surface area contributed by atoms with Crippen LogP contribution in [-0.2, 0) is 16.1 Å². The van der Waals surface area contributed by atoms with Gasteiger partial charge in [-0.1, -0.05) is 17.7 Å². The van der Waals surface area contributed by atoms with E-state index in [9.17, 15) is 4.79 Å². The number of benzene rings is 1. The van der Waals surface area contributed by atoms with E-state index >= 15 is 0 Å². The van der Waals surface area contributed by atoms with Gasteiger partial charge in [0.15, 0.2) is 0 Å². The molecular weight excluding hydrogens is 296 g/mol. The molecule has 3 N–H and O–H groups in total. The van der Waals surface area contributed by atoms with Gasteiger partial charge in [-0.3, -0.25) is 4.79 Å². The summed E-state index contributed by atoms with van der Waals surface area (Å²) in [6.45, 7) is 2.12. The molecule has 1 atom stereocenters. The van der Waals surface area contributed by atoms with Gasteiger partial charge in [-0.2, -0.15) is 0 Å². The number of anilines is 2. The highest BCUT2D eigenvalue weighted by Crippen LogP contribution is 2.24. The first kappa shape index (κ1) is 14.8. The van der Waals surface area contributed by atoms with Gasteiger partial charge in [-0.05, 0) is 36.6 Å².